The Morgan fingerprint density at radius 1 is 1.28 bits per heavy atom. The zero-order chi connectivity index (χ0) is 18.4. The van der Waals surface area contributed by atoms with Gasteiger partial charge in [-0.05, 0) is 46.5 Å². The van der Waals surface area contributed by atoms with Gasteiger partial charge in [0.05, 0.1) is 7.11 Å². The smallest absolute Gasteiger partial charge is 0.414 e. The van der Waals surface area contributed by atoms with E-state index in [-0.39, 0.29) is 22.8 Å². The first kappa shape index (κ1) is 19.1. The second-order valence-electron chi connectivity index (χ2n) is 6.49. The molecule has 138 valence electrons. The molecule has 1 aromatic heterocycles. The fourth-order valence-corrected chi connectivity index (χ4v) is 2.70. The van der Waals surface area contributed by atoms with Gasteiger partial charge in [-0.15, -0.1) is 0 Å². The Morgan fingerprint density at radius 3 is 2.56 bits per heavy atom. The standard InChI is InChI=1S/C15H22N4O5S/c1-15(2,3)23-14(21)17-13-16-11(19-25-13)10(12(20)22-4)18-24-9-7-5-6-8-9/h9H,5-8H2,1-4H3,(H,16,17,19,21). The molecule has 9 nitrogen and oxygen atoms in total. The number of rotatable bonds is 5. The van der Waals surface area contributed by atoms with Crippen molar-refractivity contribution < 1.29 is 23.9 Å². The summed E-state index contributed by atoms with van der Waals surface area (Å²) in [6.45, 7) is 5.25. The van der Waals surface area contributed by atoms with Crippen LogP contribution in [0.15, 0.2) is 5.16 Å². The molecule has 0 aliphatic heterocycles. The number of nitrogens with one attached hydrogen (secondary N) is 1. The van der Waals surface area contributed by atoms with Crippen molar-refractivity contribution in [3.63, 3.8) is 0 Å². The molecule has 1 aromatic rings. The first-order valence-electron chi connectivity index (χ1n) is 7.94. The number of carbonyl (C=O) groups is 2. The number of amides is 1. The lowest BCUT2D eigenvalue weighted by Crippen LogP contribution is -2.27. The molecule has 1 fully saturated rings. The molecule has 0 radical (unpaired) electrons. The fraction of sp³-hybridized carbons (Fsp3) is 0.667. The highest BCUT2D eigenvalue weighted by molar-refractivity contribution is 7.10. The summed E-state index contributed by atoms with van der Waals surface area (Å²) >= 11 is 0.901. The molecule has 0 atom stereocenters. The molecular weight excluding hydrogens is 348 g/mol. The number of nitrogens with zero attached hydrogens (tertiary/aromatic N) is 3. The second kappa shape index (κ2) is 8.24. The van der Waals surface area contributed by atoms with Gasteiger partial charge >= 0.3 is 12.1 Å². The zero-order valence-corrected chi connectivity index (χ0v) is 15.5. The molecule has 2 rings (SSSR count). The SMILES string of the molecule is COC(=O)C(=NOC1CCCC1)c1nsc(NC(=O)OC(C)(C)C)n1. The van der Waals surface area contributed by atoms with Crippen molar-refractivity contribution in [1.82, 2.24) is 9.36 Å². The number of anilines is 1. The van der Waals surface area contributed by atoms with E-state index in [2.05, 4.69) is 19.8 Å². The minimum absolute atomic E-state index is 0.0161. The minimum Gasteiger partial charge on any atom is -0.464 e. The van der Waals surface area contributed by atoms with E-state index in [0.717, 1.165) is 37.2 Å². The molecule has 25 heavy (non-hydrogen) atoms. The highest BCUT2D eigenvalue weighted by Gasteiger charge is 2.24. The van der Waals surface area contributed by atoms with Gasteiger partial charge in [0.2, 0.25) is 16.7 Å². The highest BCUT2D eigenvalue weighted by Crippen LogP contribution is 2.21. The fourth-order valence-electron chi connectivity index (χ4n) is 2.15. The summed E-state index contributed by atoms with van der Waals surface area (Å²) in [5, 5.41) is 6.52. The lowest BCUT2D eigenvalue weighted by atomic mass is 10.2. The molecule has 1 saturated carbocycles. The predicted octanol–water partition coefficient (Wildman–Crippen LogP) is 2.72. The Labute approximate surface area is 149 Å². The molecule has 1 amide bonds. The predicted molar refractivity (Wildman–Crippen MR) is 91.7 cm³/mol. The topological polar surface area (TPSA) is 112 Å². The van der Waals surface area contributed by atoms with Crippen molar-refractivity contribution in [2.45, 2.75) is 58.2 Å². The number of oxime groups is 1. The molecule has 10 heteroatoms. The Morgan fingerprint density at radius 2 is 1.96 bits per heavy atom. The Kier molecular flexibility index (Phi) is 6.29. The Bertz CT molecular complexity index is 647. The highest BCUT2D eigenvalue weighted by atomic mass is 32.1. The van der Waals surface area contributed by atoms with Crippen LogP contribution in [0.3, 0.4) is 0 Å². The van der Waals surface area contributed by atoms with Crippen LogP contribution in [0.4, 0.5) is 9.93 Å². The minimum atomic E-state index is -0.709. The van der Waals surface area contributed by atoms with Crippen molar-refractivity contribution >= 4 is 34.4 Å². The zero-order valence-electron chi connectivity index (χ0n) is 14.7. The van der Waals surface area contributed by atoms with Crippen LogP contribution >= 0.6 is 11.5 Å². The summed E-state index contributed by atoms with van der Waals surface area (Å²) in [5.41, 5.74) is -0.770. The first-order chi connectivity index (χ1) is 11.8. The van der Waals surface area contributed by atoms with E-state index in [9.17, 15) is 9.59 Å². The van der Waals surface area contributed by atoms with Gasteiger partial charge in [0.1, 0.15) is 11.7 Å². The first-order valence-corrected chi connectivity index (χ1v) is 8.72. The molecule has 1 aliphatic carbocycles. The van der Waals surface area contributed by atoms with E-state index in [1.54, 1.807) is 20.8 Å². The number of carbonyl (C=O) groups excluding carboxylic acids is 2. The summed E-state index contributed by atoms with van der Waals surface area (Å²) in [7, 11) is 1.24. The van der Waals surface area contributed by atoms with E-state index in [4.69, 9.17) is 14.3 Å². The van der Waals surface area contributed by atoms with Crippen molar-refractivity contribution in [1.29, 1.82) is 0 Å². The summed E-state index contributed by atoms with van der Waals surface area (Å²) in [5.74, 6) is -0.680. The van der Waals surface area contributed by atoms with Crippen LogP contribution in [-0.2, 0) is 19.1 Å². The Balaban J connectivity index is 2.08. The maximum atomic E-state index is 11.9. The molecule has 0 saturated heterocycles. The monoisotopic (exact) mass is 370 g/mol. The normalized spacial score (nSPS) is 15.8. The summed E-state index contributed by atoms with van der Waals surface area (Å²) in [4.78, 5) is 33.1. The Hall–Kier alpha value is -2.23. The number of hydrogen-bond donors (Lipinski definition) is 1. The lowest BCUT2D eigenvalue weighted by Gasteiger charge is -2.18. The molecular formula is C15H22N4O5S. The van der Waals surface area contributed by atoms with E-state index in [1.165, 1.54) is 7.11 Å². The van der Waals surface area contributed by atoms with Crippen molar-refractivity contribution in [2.75, 3.05) is 12.4 Å². The molecule has 0 unspecified atom stereocenters. The maximum absolute atomic E-state index is 11.9. The van der Waals surface area contributed by atoms with Crippen LogP contribution in [0.25, 0.3) is 0 Å². The average Bonchev–Trinajstić information content (AvgIpc) is 3.17. The number of methoxy groups -OCH3 is 1. The van der Waals surface area contributed by atoms with Crippen LogP contribution < -0.4 is 5.32 Å². The van der Waals surface area contributed by atoms with E-state index in [1.807, 2.05) is 0 Å². The summed E-state index contributed by atoms with van der Waals surface area (Å²) in [6.07, 6.45) is 3.27. The van der Waals surface area contributed by atoms with Gasteiger partial charge in [-0.1, -0.05) is 5.16 Å². The van der Waals surface area contributed by atoms with E-state index >= 15 is 0 Å². The van der Waals surface area contributed by atoms with Gasteiger partial charge in [0.15, 0.2) is 0 Å². The van der Waals surface area contributed by atoms with Gasteiger partial charge in [-0.2, -0.15) is 9.36 Å². The van der Waals surface area contributed by atoms with E-state index < -0.39 is 17.7 Å². The molecule has 0 spiro atoms. The largest absolute Gasteiger partial charge is 0.464 e. The van der Waals surface area contributed by atoms with Gasteiger partial charge in [0, 0.05) is 11.5 Å². The third-order valence-electron chi connectivity index (χ3n) is 3.22. The third kappa shape index (κ3) is 5.96. The number of aromatic nitrogens is 2. The second-order valence-corrected chi connectivity index (χ2v) is 7.25. The number of hydrogen-bond acceptors (Lipinski definition) is 9. The van der Waals surface area contributed by atoms with Crippen molar-refractivity contribution in [2.24, 2.45) is 5.16 Å². The van der Waals surface area contributed by atoms with Crippen LogP contribution in [-0.4, -0.2) is 45.9 Å². The van der Waals surface area contributed by atoms with Gasteiger partial charge in [-0.25, -0.2) is 9.59 Å². The quantitative estimate of drug-likeness (QED) is 0.482. The van der Waals surface area contributed by atoms with E-state index in [0.29, 0.717) is 0 Å². The molecule has 0 aromatic carbocycles. The molecule has 1 aliphatic rings. The third-order valence-corrected chi connectivity index (χ3v) is 3.85. The van der Waals surface area contributed by atoms with Crippen LogP contribution in [0, 0.1) is 0 Å². The maximum Gasteiger partial charge on any atom is 0.414 e. The van der Waals surface area contributed by atoms with Crippen molar-refractivity contribution in [3.8, 4) is 0 Å². The number of ether oxygens (including phenoxy) is 2. The van der Waals surface area contributed by atoms with Gasteiger partial charge in [0.25, 0.3) is 0 Å². The van der Waals surface area contributed by atoms with Crippen LogP contribution in [0.2, 0.25) is 0 Å². The molecule has 1 N–H and O–H groups in total. The molecule has 1 heterocycles. The number of esters is 1. The van der Waals surface area contributed by atoms with Gasteiger partial charge in [-0.3, -0.25) is 5.32 Å². The van der Waals surface area contributed by atoms with Gasteiger partial charge < -0.3 is 14.3 Å². The molecule has 0 bridgehead atoms. The van der Waals surface area contributed by atoms with Crippen LogP contribution in [0.5, 0.6) is 0 Å². The summed E-state index contributed by atoms with van der Waals surface area (Å²) in [6, 6.07) is 0. The van der Waals surface area contributed by atoms with Crippen LogP contribution in [0.1, 0.15) is 52.3 Å². The summed E-state index contributed by atoms with van der Waals surface area (Å²) < 4.78 is 13.9. The lowest BCUT2D eigenvalue weighted by molar-refractivity contribution is -0.132. The van der Waals surface area contributed by atoms with Crippen molar-refractivity contribution in [3.05, 3.63) is 5.82 Å². The average molecular weight is 370 g/mol.